The fourth-order valence-corrected chi connectivity index (χ4v) is 3.69. The predicted molar refractivity (Wildman–Crippen MR) is 108 cm³/mol. The first-order chi connectivity index (χ1) is 13.5. The number of nitrogens with zero attached hydrogens (tertiary/aromatic N) is 1. The fraction of sp³-hybridized carbons (Fsp3) is 0.391. The number of ether oxygens (including phenoxy) is 2. The zero-order valence-corrected chi connectivity index (χ0v) is 16.5. The largest absolute Gasteiger partial charge is 0.482 e. The minimum Gasteiger partial charge on any atom is -0.482 e. The second kappa shape index (κ2) is 9.40. The van der Waals surface area contributed by atoms with Crippen LogP contribution in [0.25, 0.3) is 11.1 Å². The highest BCUT2D eigenvalue weighted by molar-refractivity contribution is 5.81. The van der Waals surface area contributed by atoms with Crippen molar-refractivity contribution < 1.29 is 19.1 Å². The molecule has 1 fully saturated rings. The maximum atomic E-state index is 12.4. The lowest BCUT2D eigenvalue weighted by molar-refractivity contribution is -0.156. The first kappa shape index (κ1) is 19.9. The summed E-state index contributed by atoms with van der Waals surface area (Å²) >= 11 is 0. The molecule has 1 aliphatic heterocycles. The molecule has 28 heavy (non-hydrogen) atoms. The SMILES string of the molecule is C[C@@H]1CCC[C@H](C)N1C(=O)COC(=O)COc1ccc(-c2ccccc2)cc1. The summed E-state index contributed by atoms with van der Waals surface area (Å²) < 4.78 is 10.6. The Hall–Kier alpha value is -2.82. The molecule has 3 rings (SSSR count). The zero-order chi connectivity index (χ0) is 19.9. The van der Waals surface area contributed by atoms with Gasteiger partial charge in [-0.05, 0) is 56.4 Å². The van der Waals surface area contributed by atoms with E-state index >= 15 is 0 Å². The average Bonchev–Trinajstić information content (AvgIpc) is 2.71. The van der Waals surface area contributed by atoms with Gasteiger partial charge in [-0.2, -0.15) is 0 Å². The molecule has 0 radical (unpaired) electrons. The second-order valence-electron chi connectivity index (χ2n) is 7.27. The van der Waals surface area contributed by atoms with Crippen LogP contribution in [0.15, 0.2) is 54.6 Å². The van der Waals surface area contributed by atoms with Gasteiger partial charge in [-0.1, -0.05) is 42.5 Å². The number of rotatable bonds is 6. The van der Waals surface area contributed by atoms with Gasteiger partial charge >= 0.3 is 5.97 Å². The Morgan fingerprint density at radius 3 is 2.14 bits per heavy atom. The summed E-state index contributed by atoms with van der Waals surface area (Å²) in [6, 6.07) is 17.9. The Labute approximate surface area is 166 Å². The van der Waals surface area contributed by atoms with E-state index in [4.69, 9.17) is 9.47 Å². The molecule has 0 N–H and O–H groups in total. The van der Waals surface area contributed by atoms with E-state index in [2.05, 4.69) is 0 Å². The third kappa shape index (κ3) is 5.12. The standard InChI is InChI=1S/C23H27NO4/c1-17-7-6-8-18(2)24(17)22(25)15-28-23(26)16-27-21-13-11-20(12-14-21)19-9-4-3-5-10-19/h3-5,9-14,17-18H,6-8,15-16H2,1-2H3/t17-,18+. The number of benzene rings is 2. The third-order valence-corrected chi connectivity index (χ3v) is 5.16. The normalized spacial score (nSPS) is 19.1. The van der Waals surface area contributed by atoms with Gasteiger partial charge in [0.15, 0.2) is 13.2 Å². The number of hydrogen-bond donors (Lipinski definition) is 0. The van der Waals surface area contributed by atoms with E-state index in [1.807, 2.05) is 73.3 Å². The number of carbonyl (C=O) groups is 2. The molecule has 5 nitrogen and oxygen atoms in total. The number of amides is 1. The summed E-state index contributed by atoms with van der Waals surface area (Å²) in [7, 11) is 0. The lowest BCUT2D eigenvalue weighted by Gasteiger charge is -2.38. The molecule has 0 unspecified atom stereocenters. The maximum Gasteiger partial charge on any atom is 0.344 e. The van der Waals surface area contributed by atoms with Crippen molar-refractivity contribution in [3.63, 3.8) is 0 Å². The Kier molecular flexibility index (Phi) is 6.69. The Bertz CT molecular complexity index is 778. The molecule has 0 aliphatic carbocycles. The quantitative estimate of drug-likeness (QED) is 0.708. The van der Waals surface area contributed by atoms with Crippen LogP contribution in [-0.4, -0.2) is 42.1 Å². The van der Waals surface area contributed by atoms with Gasteiger partial charge in [-0.25, -0.2) is 4.79 Å². The predicted octanol–water partition coefficient (Wildman–Crippen LogP) is 4.07. The van der Waals surface area contributed by atoms with Gasteiger partial charge in [0, 0.05) is 12.1 Å². The van der Waals surface area contributed by atoms with Gasteiger partial charge in [0.25, 0.3) is 5.91 Å². The minimum atomic E-state index is -0.544. The molecule has 148 valence electrons. The highest BCUT2D eigenvalue weighted by Gasteiger charge is 2.29. The van der Waals surface area contributed by atoms with Crippen molar-refractivity contribution >= 4 is 11.9 Å². The van der Waals surface area contributed by atoms with E-state index in [1.54, 1.807) is 0 Å². The maximum absolute atomic E-state index is 12.4. The van der Waals surface area contributed by atoms with E-state index in [9.17, 15) is 9.59 Å². The second-order valence-corrected chi connectivity index (χ2v) is 7.27. The lowest BCUT2D eigenvalue weighted by Crippen LogP contribution is -2.49. The molecule has 0 saturated carbocycles. The van der Waals surface area contributed by atoms with Crippen molar-refractivity contribution in [1.82, 2.24) is 4.90 Å². The van der Waals surface area contributed by atoms with Crippen LogP contribution in [0.1, 0.15) is 33.1 Å². The van der Waals surface area contributed by atoms with Gasteiger partial charge in [0.1, 0.15) is 5.75 Å². The molecule has 2 aromatic carbocycles. The van der Waals surface area contributed by atoms with E-state index < -0.39 is 5.97 Å². The van der Waals surface area contributed by atoms with Crippen LogP contribution >= 0.6 is 0 Å². The lowest BCUT2D eigenvalue weighted by atomic mass is 9.97. The molecule has 0 bridgehead atoms. The highest BCUT2D eigenvalue weighted by Crippen LogP contribution is 2.23. The van der Waals surface area contributed by atoms with Crippen molar-refractivity contribution in [3.05, 3.63) is 54.6 Å². The Morgan fingerprint density at radius 1 is 0.893 bits per heavy atom. The van der Waals surface area contributed by atoms with Gasteiger partial charge in [-0.3, -0.25) is 4.79 Å². The number of piperidine rings is 1. The van der Waals surface area contributed by atoms with Crippen LogP contribution in [0.2, 0.25) is 0 Å². The molecule has 1 heterocycles. The molecule has 1 amide bonds. The highest BCUT2D eigenvalue weighted by atomic mass is 16.6. The summed E-state index contributed by atoms with van der Waals surface area (Å²) in [5, 5.41) is 0. The van der Waals surface area contributed by atoms with E-state index in [0.717, 1.165) is 30.4 Å². The van der Waals surface area contributed by atoms with Crippen molar-refractivity contribution in [3.8, 4) is 16.9 Å². The van der Waals surface area contributed by atoms with E-state index in [-0.39, 0.29) is 31.2 Å². The van der Waals surface area contributed by atoms with Crippen LogP contribution in [0.5, 0.6) is 5.75 Å². The van der Waals surface area contributed by atoms with Crippen molar-refractivity contribution in [2.45, 2.75) is 45.2 Å². The number of hydrogen-bond acceptors (Lipinski definition) is 4. The number of esters is 1. The van der Waals surface area contributed by atoms with Crippen molar-refractivity contribution in [2.24, 2.45) is 0 Å². The summed E-state index contributed by atoms with van der Waals surface area (Å²) in [5.41, 5.74) is 2.19. The summed E-state index contributed by atoms with van der Waals surface area (Å²) in [6.07, 6.45) is 3.11. The Balaban J connectivity index is 1.45. The van der Waals surface area contributed by atoms with E-state index in [1.165, 1.54) is 0 Å². The number of carbonyl (C=O) groups excluding carboxylic acids is 2. The van der Waals surface area contributed by atoms with Gasteiger partial charge < -0.3 is 14.4 Å². The summed E-state index contributed by atoms with van der Waals surface area (Å²) in [5.74, 6) is -0.0979. The van der Waals surface area contributed by atoms with Crippen LogP contribution < -0.4 is 4.74 Å². The summed E-state index contributed by atoms with van der Waals surface area (Å²) in [4.78, 5) is 26.1. The van der Waals surface area contributed by atoms with Gasteiger partial charge in [0.05, 0.1) is 0 Å². The molecular weight excluding hydrogens is 354 g/mol. The van der Waals surface area contributed by atoms with Crippen molar-refractivity contribution in [2.75, 3.05) is 13.2 Å². The first-order valence-electron chi connectivity index (χ1n) is 9.79. The van der Waals surface area contributed by atoms with Gasteiger partial charge in [0.2, 0.25) is 0 Å². The molecule has 5 heteroatoms. The third-order valence-electron chi connectivity index (χ3n) is 5.16. The zero-order valence-electron chi connectivity index (χ0n) is 16.5. The molecule has 1 saturated heterocycles. The topological polar surface area (TPSA) is 55.8 Å². The fourth-order valence-electron chi connectivity index (χ4n) is 3.69. The van der Waals surface area contributed by atoms with Crippen LogP contribution in [0, 0.1) is 0 Å². The monoisotopic (exact) mass is 381 g/mol. The molecular formula is C23H27NO4. The summed E-state index contributed by atoms with van der Waals surface area (Å²) in [6.45, 7) is 3.63. The average molecular weight is 381 g/mol. The van der Waals surface area contributed by atoms with Crippen molar-refractivity contribution in [1.29, 1.82) is 0 Å². The molecule has 2 aromatic rings. The minimum absolute atomic E-state index is 0.139. The van der Waals surface area contributed by atoms with Gasteiger partial charge in [-0.15, -0.1) is 0 Å². The Morgan fingerprint density at radius 2 is 1.50 bits per heavy atom. The molecule has 1 aliphatic rings. The molecule has 2 atom stereocenters. The van der Waals surface area contributed by atoms with E-state index in [0.29, 0.717) is 5.75 Å². The smallest absolute Gasteiger partial charge is 0.344 e. The van der Waals surface area contributed by atoms with Crippen LogP contribution in [-0.2, 0) is 14.3 Å². The first-order valence-corrected chi connectivity index (χ1v) is 9.79. The van der Waals surface area contributed by atoms with Crippen LogP contribution in [0.4, 0.5) is 0 Å². The number of likely N-dealkylation sites (tertiary alicyclic amines) is 1. The molecule has 0 aromatic heterocycles. The van der Waals surface area contributed by atoms with Crippen LogP contribution in [0.3, 0.4) is 0 Å². The molecule has 0 spiro atoms.